The highest BCUT2D eigenvalue weighted by Gasteiger charge is 2.70. The van der Waals surface area contributed by atoms with Crippen molar-refractivity contribution in [2.24, 2.45) is 29.6 Å². The fourth-order valence-corrected chi connectivity index (χ4v) is 12.0. The first-order valence-electron chi connectivity index (χ1n) is 15.3. The fourth-order valence-electron chi connectivity index (χ4n) is 8.51. The molecule has 0 radical (unpaired) electrons. The van der Waals surface area contributed by atoms with E-state index in [2.05, 4.69) is 0 Å². The molecule has 3 fully saturated rings. The number of halogens is 2. The molecule has 4 heterocycles. The maximum atomic E-state index is 14.1. The number of rotatable bonds is 5. The smallest absolute Gasteiger partial charge is 0.308 e. The third-order valence-electron chi connectivity index (χ3n) is 10.3. The summed E-state index contributed by atoms with van der Waals surface area (Å²) in [4.78, 5) is 44.1. The number of thiazole rings is 1. The van der Waals surface area contributed by atoms with E-state index < -0.39 is 5.92 Å². The molecule has 230 valence electrons. The number of carbonyl (C=O) groups excluding carboxylic acids is 2. The van der Waals surface area contributed by atoms with Crippen LogP contribution in [0.2, 0.25) is 10.0 Å². The Kier molecular flexibility index (Phi) is 6.69. The van der Waals surface area contributed by atoms with Gasteiger partial charge in [0.2, 0.25) is 11.8 Å². The molecule has 2 aliphatic heterocycles. The summed E-state index contributed by atoms with van der Waals surface area (Å²) in [5.41, 5.74) is 2.41. The van der Waals surface area contributed by atoms with Gasteiger partial charge in [0.1, 0.15) is 11.5 Å². The van der Waals surface area contributed by atoms with Crippen LogP contribution in [0.25, 0.3) is 11.3 Å². The molecule has 3 aromatic carbocycles. The van der Waals surface area contributed by atoms with Gasteiger partial charge in [0, 0.05) is 15.8 Å². The van der Waals surface area contributed by atoms with Gasteiger partial charge in [-0.05, 0) is 78.3 Å². The standard InChI is InChI=1S/C36H26Cl2N2O4S2/c37-19-10-12-20(13-11-19)40-33(41)28-22-16-23(29(28)34(40)42)31-27(22)30(26-15-14-25(44-26)21-8-4-5-9-24(21)38)32-35(45-31)39(36(43)46-32)17-18-6-2-1-3-7-18/h1-15,22-23,27-31H,16-17H2/t22-,23+,27-,28+,29+,30+,31-/m0/s1. The Morgan fingerprint density at radius 1 is 0.804 bits per heavy atom. The van der Waals surface area contributed by atoms with Crippen LogP contribution in [-0.2, 0) is 16.1 Å². The zero-order valence-electron chi connectivity index (χ0n) is 24.2. The number of furan rings is 1. The van der Waals surface area contributed by atoms with Crippen LogP contribution < -0.4 is 9.77 Å². The van der Waals surface area contributed by atoms with E-state index in [1.807, 2.05) is 71.3 Å². The third-order valence-corrected chi connectivity index (χ3v) is 13.7. The van der Waals surface area contributed by atoms with E-state index in [-0.39, 0.29) is 51.5 Å². The number of hydrogen-bond acceptors (Lipinski definition) is 6. The van der Waals surface area contributed by atoms with E-state index in [1.165, 1.54) is 16.2 Å². The van der Waals surface area contributed by atoms with Crippen LogP contribution in [0.1, 0.15) is 28.5 Å². The third kappa shape index (κ3) is 4.20. The van der Waals surface area contributed by atoms with E-state index in [4.69, 9.17) is 27.6 Å². The molecule has 10 heteroatoms. The molecule has 7 atom stereocenters. The quantitative estimate of drug-likeness (QED) is 0.175. The zero-order valence-corrected chi connectivity index (χ0v) is 27.4. The van der Waals surface area contributed by atoms with Crippen molar-refractivity contribution in [2.45, 2.75) is 29.2 Å². The first-order chi connectivity index (χ1) is 22.4. The van der Waals surface area contributed by atoms with Crippen molar-refractivity contribution in [3.05, 3.63) is 127 Å². The average molecular weight is 686 g/mol. The summed E-state index contributed by atoms with van der Waals surface area (Å²) >= 11 is 15.7. The SMILES string of the molecule is O=C1[C@@H]2[C@H]3C[C@@H]([C@@H]4Sc5c(sc(=O)n5Cc5ccccc5)[C@H](c5ccc(-c6ccccc6Cl)o5)[C@H]34)[C@H]2C(=O)N1c1ccc(Cl)cc1. The van der Waals surface area contributed by atoms with Crippen molar-refractivity contribution in [1.82, 2.24) is 4.57 Å². The number of nitrogens with zero attached hydrogens (tertiary/aromatic N) is 2. The maximum Gasteiger partial charge on any atom is 0.308 e. The molecule has 5 aromatic rings. The fraction of sp³-hybridized carbons (Fsp3) is 0.250. The summed E-state index contributed by atoms with van der Waals surface area (Å²) in [5, 5.41) is 2.14. The number of hydrogen-bond donors (Lipinski definition) is 0. The normalized spacial score (nSPS) is 27.6. The molecule has 1 saturated heterocycles. The minimum Gasteiger partial charge on any atom is -0.460 e. The van der Waals surface area contributed by atoms with Crippen molar-refractivity contribution >= 4 is 63.8 Å². The molecule has 2 aromatic heterocycles. The average Bonchev–Trinajstić information content (AvgIpc) is 3.87. The van der Waals surface area contributed by atoms with E-state index >= 15 is 0 Å². The second kappa shape index (κ2) is 10.7. The number of benzene rings is 3. The van der Waals surface area contributed by atoms with Crippen molar-refractivity contribution in [2.75, 3.05) is 4.90 Å². The molecular weight excluding hydrogens is 659 g/mol. The summed E-state index contributed by atoms with van der Waals surface area (Å²) in [5.74, 6) is 0.161. The van der Waals surface area contributed by atoms with Crippen LogP contribution in [0, 0.1) is 29.6 Å². The topological polar surface area (TPSA) is 72.5 Å². The van der Waals surface area contributed by atoms with Crippen molar-refractivity contribution in [3.8, 4) is 11.3 Å². The molecule has 6 nitrogen and oxygen atoms in total. The zero-order chi connectivity index (χ0) is 31.3. The lowest BCUT2D eigenvalue weighted by Gasteiger charge is -2.42. The predicted octanol–water partition coefficient (Wildman–Crippen LogP) is 8.20. The van der Waals surface area contributed by atoms with Gasteiger partial charge in [-0.25, -0.2) is 0 Å². The van der Waals surface area contributed by atoms with Gasteiger partial charge in [0.25, 0.3) is 0 Å². The first-order valence-corrected chi connectivity index (χ1v) is 17.8. The molecule has 0 N–H and O–H groups in total. The molecular formula is C36H26Cl2N2O4S2. The van der Waals surface area contributed by atoms with E-state index in [9.17, 15) is 14.4 Å². The molecule has 2 saturated carbocycles. The highest BCUT2D eigenvalue weighted by atomic mass is 35.5. The molecule has 2 bridgehead atoms. The Bertz CT molecular complexity index is 2090. The van der Waals surface area contributed by atoms with Crippen molar-refractivity contribution < 1.29 is 14.0 Å². The molecule has 0 unspecified atom stereocenters. The highest BCUT2D eigenvalue weighted by Crippen LogP contribution is 2.69. The van der Waals surface area contributed by atoms with Gasteiger partial charge in [-0.2, -0.15) is 0 Å². The molecule has 2 amide bonds. The van der Waals surface area contributed by atoms with Gasteiger partial charge < -0.3 is 4.42 Å². The number of aromatic nitrogens is 1. The van der Waals surface area contributed by atoms with Crippen LogP contribution >= 0.6 is 46.3 Å². The van der Waals surface area contributed by atoms with Gasteiger partial charge in [-0.15, -0.1) is 11.8 Å². The number of amides is 2. The van der Waals surface area contributed by atoms with Crippen LogP contribution in [0.4, 0.5) is 5.69 Å². The Morgan fingerprint density at radius 2 is 1.52 bits per heavy atom. The van der Waals surface area contributed by atoms with Crippen molar-refractivity contribution in [1.29, 1.82) is 0 Å². The second-order valence-electron chi connectivity index (χ2n) is 12.5. The van der Waals surface area contributed by atoms with Gasteiger partial charge in [0.05, 0.1) is 44.9 Å². The molecule has 46 heavy (non-hydrogen) atoms. The first kappa shape index (κ1) is 28.6. The maximum absolute atomic E-state index is 14.1. The minimum absolute atomic E-state index is 0.00702. The van der Waals surface area contributed by atoms with Gasteiger partial charge in [-0.3, -0.25) is 23.9 Å². The predicted molar refractivity (Wildman–Crippen MR) is 181 cm³/mol. The van der Waals surface area contributed by atoms with Crippen LogP contribution in [0.3, 0.4) is 0 Å². The summed E-state index contributed by atoms with van der Waals surface area (Å²) < 4.78 is 8.50. The Hall–Kier alpha value is -3.56. The van der Waals surface area contributed by atoms with Crippen LogP contribution in [0.15, 0.2) is 105 Å². The van der Waals surface area contributed by atoms with E-state index in [0.29, 0.717) is 28.0 Å². The van der Waals surface area contributed by atoms with E-state index in [0.717, 1.165) is 33.2 Å². The Balaban J connectivity index is 1.16. The molecule has 9 rings (SSSR count). The second-order valence-corrected chi connectivity index (χ2v) is 15.5. The van der Waals surface area contributed by atoms with Crippen molar-refractivity contribution in [3.63, 3.8) is 0 Å². The van der Waals surface area contributed by atoms with Crippen LogP contribution in [-0.4, -0.2) is 21.6 Å². The highest BCUT2D eigenvalue weighted by molar-refractivity contribution is 8.00. The number of fused-ring (bicyclic) bond motifs is 9. The lowest BCUT2D eigenvalue weighted by atomic mass is 9.69. The summed E-state index contributed by atoms with van der Waals surface area (Å²) in [6, 6.07) is 28.4. The summed E-state index contributed by atoms with van der Waals surface area (Å²) in [6.45, 7) is 0.466. The Morgan fingerprint density at radius 3 is 2.28 bits per heavy atom. The number of anilines is 1. The number of thioether (sulfide) groups is 1. The van der Waals surface area contributed by atoms with Gasteiger partial charge in [-0.1, -0.05) is 77.0 Å². The Labute approximate surface area is 282 Å². The van der Waals surface area contributed by atoms with Gasteiger partial charge in [0.15, 0.2) is 0 Å². The lowest BCUT2D eigenvalue weighted by Crippen LogP contribution is -2.43. The summed E-state index contributed by atoms with van der Waals surface area (Å²) in [7, 11) is 0. The largest absolute Gasteiger partial charge is 0.460 e. The summed E-state index contributed by atoms with van der Waals surface area (Å²) in [6.07, 6.45) is 0.802. The molecule has 2 aliphatic carbocycles. The number of imide groups is 1. The monoisotopic (exact) mass is 684 g/mol. The minimum atomic E-state index is -0.403. The lowest BCUT2D eigenvalue weighted by molar-refractivity contribution is -0.123. The molecule has 0 spiro atoms. The molecule has 4 aliphatic rings. The van der Waals surface area contributed by atoms with Crippen LogP contribution in [0.5, 0.6) is 0 Å². The van der Waals surface area contributed by atoms with E-state index in [1.54, 1.807) is 36.0 Å². The van der Waals surface area contributed by atoms with Gasteiger partial charge >= 0.3 is 4.87 Å². The number of carbonyl (C=O) groups is 2.